The van der Waals surface area contributed by atoms with Crippen molar-refractivity contribution in [3.8, 4) is 5.75 Å². The lowest BCUT2D eigenvalue weighted by atomic mass is 10.2. The van der Waals surface area contributed by atoms with Crippen LogP contribution in [0.15, 0.2) is 47.7 Å². The average molecular weight is 475 g/mol. The quantitative estimate of drug-likeness (QED) is 0.396. The molecule has 1 amide bonds. The van der Waals surface area contributed by atoms with Gasteiger partial charge in [0.05, 0.1) is 29.8 Å². The molecule has 1 unspecified atom stereocenters. The van der Waals surface area contributed by atoms with E-state index in [0.29, 0.717) is 29.3 Å². The van der Waals surface area contributed by atoms with E-state index in [1.807, 2.05) is 19.3 Å². The largest absolute Gasteiger partial charge is 0.483 e. The number of ether oxygens (including phenoxy) is 1. The van der Waals surface area contributed by atoms with Gasteiger partial charge in [-0.1, -0.05) is 0 Å². The summed E-state index contributed by atoms with van der Waals surface area (Å²) in [6.45, 7) is 2.01. The van der Waals surface area contributed by atoms with E-state index in [1.165, 1.54) is 25.4 Å². The number of oxazole rings is 1. The van der Waals surface area contributed by atoms with E-state index in [4.69, 9.17) is 9.15 Å². The summed E-state index contributed by atoms with van der Waals surface area (Å²) in [4.78, 5) is 28.0. The highest BCUT2D eigenvalue weighted by Gasteiger charge is 2.29. The third kappa shape index (κ3) is 4.80. The number of aryl methyl sites for hydroxylation is 1. The number of nitrogens with one attached hydrogen (secondary N) is 2. The van der Waals surface area contributed by atoms with Crippen molar-refractivity contribution < 1.29 is 13.9 Å². The van der Waals surface area contributed by atoms with E-state index >= 15 is 0 Å². The zero-order valence-corrected chi connectivity index (χ0v) is 19.3. The molecular formula is C24H26N8O3. The number of anilines is 2. The molecule has 2 fully saturated rings. The summed E-state index contributed by atoms with van der Waals surface area (Å²) >= 11 is 0. The molecule has 1 saturated carbocycles. The first-order chi connectivity index (χ1) is 17.1. The highest BCUT2D eigenvalue weighted by molar-refractivity contribution is 6.04. The number of carbonyl (C=O) groups is 1. The number of aromatic nitrogens is 5. The minimum atomic E-state index is -0.369. The van der Waals surface area contributed by atoms with Gasteiger partial charge in [0, 0.05) is 49.9 Å². The molecule has 1 aliphatic carbocycles. The Hall–Kier alpha value is -3.99. The number of amides is 1. The molecule has 180 valence electrons. The Kier molecular flexibility index (Phi) is 5.53. The summed E-state index contributed by atoms with van der Waals surface area (Å²) in [5.74, 6) is 1.46. The third-order valence-corrected chi connectivity index (χ3v) is 6.25. The maximum absolute atomic E-state index is 13.0. The predicted molar refractivity (Wildman–Crippen MR) is 128 cm³/mol. The van der Waals surface area contributed by atoms with Crippen LogP contribution in [-0.4, -0.2) is 55.8 Å². The smallest absolute Gasteiger partial charge is 0.275 e. The van der Waals surface area contributed by atoms with Crippen molar-refractivity contribution >= 4 is 28.3 Å². The molecule has 0 radical (unpaired) electrons. The first kappa shape index (κ1) is 21.5. The highest BCUT2D eigenvalue weighted by atomic mass is 16.5. The van der Waals surface area contributed by atoms with E-state index in [1.54, 1.807) is 23.1 Å². The molecular weight excluding hydrogens is 448 g/mol. The molecule has 4 aromatic rings. The fourth-order valence-corrected chi connectivity index (χ4v) is 4.33. The van der Waals surface area contributed by atoms with Crippen molar-refractivity contribution in [3.63, 3.8) is 0 Å². The summed E-state index contributed by atoms with van der Waals surface area (Å²) in [5, 5.41) is 11.9. The van der Waals surface area contributed by atoms with Crippen molar-refractivity contribution in [2.45, 2.75) is 38.0 Å². The molecule has 3 aromatic heterocycles. The van der Waals surface area contributed by atoms with Crippen LogP contribution in [0.2, 0.25) is 0 Å². The second-order valence-electron chi connectivity index (χ2n) is 9.05. The third-order valence-electron chi connectivity index (χ3n) is 6.25. The van der Waals surface area contributed by atoms with Crippen LogP contribution in [0, 0.1) is 0 Å². The molecule has 0 bridgehead atoms. The lowest BCUT2D eigenvalue weighted by Crippen LogP contribution is -2.34. The van der Waals surface area contributed by atoms with Crippen molar-refractivity contribution in [2.75, 3.05) is 23.3 Å². The zero-order chi connectivity index (χ0) is 23.8. The first-order valence-electron chi connectivity index (χ1n) is 11.7. The van der Waals surface area contributed by atoms with E-state index in [0.717, 1.165) is 36.2 Å². The molecule has 4 heterocycles. The van der Waals surface area contributed by atoms with E-state index < -0.39 is 0 Å². The van der Waals surface area contributed by atoms with Crippen molar-refractivity contribution in [1.29, 1.82) is 0 Å². The van der Waals surface area contributed by atoms with Crippen LogP contribution in [-0.2, 0) is 13.7 Å². The molecule has 1 aliphatic heterocycles. The normalized spacial score (nSPS) is 17.7. The van der Waals surface area contributed by atoms with Gasteiger partial charge in [-0.3, -0.25) is 9.48 Å². The summed E-state index contributed by atoms with van der Waals surface area (Å²) in [7, 11) is 1.84. The molecule has 11 nitrogen and oxygen atoms in total. The number of fused-ring (bicyclic) bond motifs is 1. The second-order valence-corrected chi connectivity index (χ2v) is 9.05. The topological polar surface area (TPSA) is 123 Å². The van der Waals surface area contributed by atoms with E-state index in [2.05, 4.69) is 35.6 Å². The molecule has 35 heavy (non-hydrogen) atoms. The van der Waals surface area contributed by atoms with Gasteiger partial charge in [0.15, 0.2) is 12.2 Å². The Morgan fingerprint density at radius 2 is 2.09 bits per heavy atom. The number of carbonyl (C=O) groups excluding carboxylic acids is 1. The Labute approximate surface area is 201 Å². The molecule has 2 aliphatic rings. The summed E-state index contributed by atoms with van der Waals surface area (Å²) in [5.41, 5.74) is 1.49. The first-order valence-corrected chi connectivity index (χ1v) is 11.7. The van der Waals surface area contributed by atoms with Crippen molar-refractivity contribution in [1.82, 2.24) is 30.0 Å². The van der Waals surface area contributed by atoms with Gasteiger partial charge in [-0.15, -0.1) is 0 Å². The predicted octanol–water partition coefficient (Wildman–Crippen LogP) is 2.51. The number of nitrogens with zero attached hydrogens (tertiary/aromatic N) is 6. The standard InChI is InChI=1S/C24H26N8O3/c1-31-11-15-6-20(22(7-19(15)30-31)34-13-18-8-25-14-35-18)29-24(33)21-9-27-23(10-26-21)32-5-4-17(12-32)28-16-2-3-16/h6-11,14,16-17,28H,2-5,12-13H2,1H3,(H,29,33). The van der Waals surface area contributed by atoms with Gasteiger partial charge in [0.25, 0.3) is 5.91 Å². The maximum atomic E-state index is 13.0. The van der Waals surface area contributed by atoms with Gasteiger partial charge >= 0.3 is 0 Å². The zero-order valence-electron chi connectivity index (χ0n) is 19.3. The Morgan fingerprint density at radius 1 is 1.17 bits per heavy atom. The molecule has 1 atom stereocenters. The minimum Gasteiger partial charge on any atom is -0.483 e. The fraction of sp³-hybridized carbons (Fsp3) is 0.375. The van der Waals surface area contributed by atoms with Crippen LogP contribution in [0.3, 0.4) is 0 Å². The highest BCUT2D eigenvalue weighted by Crippen LogP contribution is 2.31. The Bertz CT molecular complexity index is 1330. The molecule has 6 rings (SSSR count). The number of rotatable bonds is 8. The number of hydrogen-bond acceptors (Lipinski definition) is 9. The summed E-state index contributed by atoms with van der Waals surface area (Å²) in [6.07, 6.45) is 11.6. The van der Waals surface area contributed by atoms with Crippen LogP contribution in [0.4, 0.5) is 11.5 Å². The van der Waals surface area contributed by atoms with Gasteiger partial charge in [0.1, 0.15) is 23.9 Å². The van der Waals surface area contributed by atoms with Gasteiger partial charge in [-0.25, -0.2) is 15.0 Å². The van der Waals surface area contributed by atoms with Crippen LogP contribution < -0.4 is 20.3 Å². The SMILES string of the molecule is Cn1cc2cc(NC(=O)c3cnc(N4CCC(NC5CC5)C4)cn3)c(OCc3cnco3)cc2n1. The van der Waals surface area contributed by atoms with Crippen LogP contribution in [0.1, 0.15) is 35.5 Å². The van der Waals surface area contributed by atoms with Gasteiger partial charge < -0.3 is 24.7 Å². The van der Waals surface area contributed by atoms with Crippen LogP contribution in [0.5, 0.6) is 5.75 Å². The van der Waals surface area contributed by atoms with Crippen molar-refractivity contribution in [3.05, 3.63) is 54.8 Å². The Balaban J connectivity index is 1.17. The summed E-state index contributed by atoms with van der Waals surface area (Å²) in [6, 6.07) is 4.79. The van der Waals surface area contributed by atoms with E-state index in [-0.39, 0.29) is 18.2 Å². The molecule has 2 N–H and O–H groups in total. The van der Waals surface area contributed by atoms with Gasteiger partial charge in [-0.05, 0) is 25.3 Å². The molecule has 0 spiro atoms. The summed E-state index contributed by atoms with van der Waals surface area (Å²) < 4.78 is 12.9. The fourth-order valence-electron chi connectivity index (χ4n) is 4.33. The van der Waals surface area contributed by atoms with Crippen LogP contribution in [0.25, 0.3) is 10.9 Å². The number of hydrogen-bond donors (Lipinski definition) is 2. The lowest BCUT2D eigenvalue weighted by Gasteiger charge is -2.17. The monoisotopic (exact) mass is 474 g/mol. The van der Waals surface area contributed by atoms with Crippen molar-refractivity contribution in [2.24, 2.45) is 7.05 Å². The molecule has 1 saturated heterocycles. The van der Waals surface area contributed by atoms with Gasteiger partial charge in [-0.2, -0.15) is 5.10 Å². The average Bonchev–Trinajstić information content (AvgIpc) is 3.22. The second kappa shape index (κ2) is 8.99. The lowest BCUT2D eigenvalue weighted by molar-refractivity contribution is 0.102. The number of benzene rings is 1. The maximum Gasteiger partial charge on any atom is 0.275 e. The van der Waals surface area contributed by atoms with Gasteiger partial charge in [0.2, 0.25) is 0 Å². The Morgan fingerprint density at radius 3 is 2.86 bits per heavy atom. The molecule has 1 aromatic carbocycles. The minimum absolute atomic E-state index is 0.169. The molecule has 11 heteroatoms. The van der Waals surface area contributed by atoms with E-state index in [9.17, 15) is 4.79 Å². The van der Waals surface area contributed by atoms with Crippen LogP contribution >= 0.6 is 0 Å².